The molecule has 1 aliphatic rings. The van der Waals surface area contributed by atoms with Crippen molar-refractivity contribution >= 4 is 11.6 Å². The first-order valence-electron chi connectivity index (χ1n) is 2.01. The molecule has 3 heteroatoms. The Kier molecular flexibility index (Phi) is 11.8. The minimum absolute atomic E-state index is 0. The summed E-state index contributed by atoms with van der Waals surface area (Å²) in [5.74, 6) is 0. The third kappa shape index (κ3) is 6.21. The fraction of sp³-hybridized carbons (Fsp3) is 0. The van der Waals surface area contributed by atoms with Gasteiger partial charge in [0.2, 0.25) is 0 Å². The maximum absolute atomic E-state index is 5.52. The molecule has 0 saturated carbocycles. The van der Waals surface area contributed by atoms with Crippen LogP contribution in [-0.4, -0.2) is 0 Å². The van der Waals surface area contributed by atoms with E-state index in [9.17, 15) is 0 Å². The quantitative estimate of drug-likeness (QED) is 0.356. The number of hydrogen-bond donors (Lipinski definition) is 0. The third-order valence-electron chi connectivity index (χ3n) is 0.678. The molecule has 0 spiro atoms. The van der Waals surface area contributed by atoms with Crippen LogP contribution in [0.4, 0.5) is 0 Å². The minimum Gasteiger partial charge on any atom is -1.00 e. The van der Waals surface area contributed by atoms with Gasteiger partial charge in [-0.1, -0.05) is 11.6 Å². The van der Waals surface area contributed by atoms with Crippen molar-refractivity contribution in [1.82, 2.24) is 0 Å². The monoisotopic (exact) mass is 412 g/mol. The van der Waals surface area contributed by atoms with E-state index in [1.165, 1.54) is 0 Å². The fourth-order valence-corrected chi connectivity index (χ4v) is 0.493. The first-order valence-corrected chi connectivity index (χ1v) is 2.39. The number of hydrogen-bond acceptors (Lipinski definition) is 0. The zero-order valence-corrected chi connectivity index (χ0v) is 8.96. The van der Waals surface area contributed by atoms with Crippen molar-refractivity contribution < 1.29 is 70.9 Å². The van der Waals surface area contributed by atoms with Gasteiger partial charge in [-0.3, -0.25) is 0 Å². The molecule has 0 aliphatic heterocycles. The molecular formula is C6H4ClIYb-. The molecule has 0 amide bonds. The van der Waals surface area contributed by atoms with Crippen molar-refractivity contribution in [1.29, 1.82) is 0 Å². The molecule has 0 fully saturated rings. The molecule has 0 N–H and O–H groups in total. The van der Waals surface area contributed by atoms with Gasteiger partial charge in [0.25, 0.3) is 0 Å². The molecule has 0 aromatic rings. The van der Waals surface area contributed by atoms with Crippen molar-refractivity contribution in [2.75, 3.05) is 0 Å². The molecular weight excluding hydrogens is 407 g/mol. The normalized spacial score (nSPS) is 13.2. The second-order valence-electron chi connectivity index (χ2n) is 1.22. The SMILES string of the molecule is ClC1=CC=C=C[CH]1.[I-].[Yb]. The molecule has 0 aromatic carbocycles. The van der Waals surface area contributed by atoms with Crippen LogP contribution in [0.5, 0.6) is 0 Å². The average molecular weight is 411 g/mol. The molecule has 0 heterocycles. The van der Waals surface area contributed by atoms with Crippen molar-refractivity contribution in [2.45, 2.75) is 0 Å². The Labute approximate surface area is 116 Å². The molecule has 9 heavy (non-hydrogen) atoms. The average Bonchev–Trinajstić information content (AvgIpc) is 1.69. The largest absolute Gasteiger partial charge is 1.00 e. The molecule has 0 aromatic heterocycles. The summed E-state index contributed by atoms with van der Waals surface area (Å²) in [6.45, 7) is 0. The van der Waals surface area contributed by atoms with Crippen LogP contribution in [-0.2, 0) is 0 Å². The van der Waals surface area contributed by atoms with E-state index < -0.39 is 0 Å². The summed E-state index contributed by atoms with van der Waals surface area (Å²) in [5.41, 5.74) is 2.85. The van der Waals surface area contributed by atoms with Gasteiger partial charge >= 0.3 is 0 Å². The van der Waals surface area contributed by atoms with E-state index >= 15 is 0 Å². The predicted octanol–water partition coefficient (Wildman–Crippen LogP) is -0.958. The Bertz CT molecular complexity index is 156. The van der Waals surface area contributed by atoms with E-state index in [0.717, 1.165) is 5.03 Å². The van der Waals surface area contributed by atoms with E-state index in [2.05, 4.69) is 5.73 Å². The Morgan fingerprint density at radius 2 is 2.00 bits per heavy atom. The minimum atomic E-state index is 0. The van der Waals surface area contributed by atoms with Crippen molar-refractivity contribution in [2.24, 2.45) is 0 Å². The maximum Gasteiger partial charge on any atom is 0.0320 e. The van der Waals surface area contributed by atoms with Crippen LogP contribution in [0, 0.1) is 53.3 Å². The van der Waals surface area contributed by atoms with Crippen LogP contribution < -0.4 is 24.0 Å². The van der Waals surface area contributed by atoms with Gasteiger partial charge in [0, 0.05) is 58.4 Å². The number of halogens is 2. The van der Waals surface area contributed by atoms with Gasteiger partial charge < -0.3 is 24.0 Å². The Balaban J connectivity index is 0. The summed E-state index contributed by atoms with van der Waals surface area (Å²) in [4.78, 5) is 0. The summed E-state index contributed by atoms with van der Waals surface area (Å²) < 4.78 is 0. The van der Waals surface area contributed by atoms with Crippen molar-refractivity contribution in [3.05, 3.63) is 35.4 Å². The van der Waals surface area contributed by atoms with Gasteiger partial charge in [-0.05, 0) is 18.2 Å². The van der Waals surface area contributed by atoms with Crippen LogP contribution in [0.1, 0.15) is 0 Å². The van der Waals surface area contributed by atoms with Gasteiger partial charge in [-0.2, -0.15) is 0 Å². The van der Waals surface area contributed by atoms with Gasteiger partial charge in [0.05, 0.1) is 0 Å². The Morgan fingerprint density at radius 1 is 1.33 bits per heavy atom. The summed E-state index contributed by atoms with van der Waals surface area (Å²) in [5, 5.41) is 0.763. The van der Waals surface area contributed by atoms with Gasteiger partial charge in [0.1, 0.15) is 0 Å². The van der Waals surface area contributed by atoms with Crippen LogP contribution >= 0.6 is 11.6 Å². The van der Waals surface area contributed by atoms with Crippen LogP contribution in [0.15, 0.2) is 29.0 Å². The summed E-state index contributed by atoms with van der Waals surface area (Å²) in [7, 11) is 0. The van der Waals surface area contributed by atoms with E-state index in [-0.39, 0.29) is 70.9 Å². The first kappa shape index (κ1) is 13.4. The van der Waals surface area contributed by atoms with Crippen molar-refractivity contribution in [3.63, 3.8) is 0 Å². The van der Waals surface area contributed by atoms with Gasteiger partial charge in [0.15, 0.2) is 0 Å². The number of rotatable bonds is 0. The molecule has 57 valence electrons. The molecule has 0 bridgehead atoms. The number of allylic oxidation sites excluding steroid dienone is 3. The Morgan fingerprint density at radius 3 is 2.22 bits per heavy atom. The molecule has 1 aliphatic carbocycles. The van der Waals surface area contributed by atoms with Gasteiger partial charge in [-0.15, -0.1) is 5.73 Å². The van der Waals surface area contributed by atoms with Crippen LogP contribution in [0.25, 0.3) is 0 Å². The third-order valence-corrected chi connectivity index (χ3v) is 0.930. The molecule has 0 saturated heterocycles. The smallest absolute Gasteiger partial charge is 0.0320 e. The Hall–Kier alpha value is 1.80. The predicted molar refractivity (Wildman–Crippen MR) is 30.9 cm³/mol. The van der Waals surface area contributed by atoms with Crippen molar-refractivity contribution in [3.8, 4) is 0 Å². The summed E-state index contributed by atoms with van der Waals surface area (Å²) in [6, 6.07) is 0. The zero-order valence-electron chi connectivity index (χ0n) is 4.33. The molecule has 1 rings (SSSR count). The summed E-state index contributed by atoms with van der Waals surface area (Å²) in [6.07, 6.45) is 7.15. The van der Waals surface area contributed by atoms with E-state index in [0.29, 0.717) is 0 Å². The van der Waals surface area contributed by atoms with Crippen LogP contribution in [0.2, 0.25) is 0 Å². The molecule has 0 nitrogen and oxygen atoms in total. The maximum atomic E-state index is 5.52. The molecule has 0 unspecified atom stereocenters. The second kappa shape index (κ2) is 7.90. The van der Waals surface area contributed by atoms with E-state index in [1.54, 1.807) is 24.6 Å². The molecule has 1 radical (unpaired) electrons. The van der Waals surface area contributed by atoms with Crippen LogP contribution in [0.3, 0.4) is 0 Å². The second-order valence-corrected chi connectivity index (χ2v) is 1.65. The topological polar surface area (TPSA) is 0 Å². The zero-order chi connectivity index (χ0) is 5.11. The first-order chi connectivity index (χ1) is 3.39. The fourth-order valence-electron chi connectivity index (χ4n) is 0.367. The van der Waals surface area contributed by atoms with E-state index in [4.69, 9.17) is 11.6 Å². The summed E-state index contributed by atoms with van der Waals surface area (Å²) >= 11 is 5.52. The van der Waals surface area contributed by atoms with Gasteiger partial charge in [-0.25, -0.2) is 0 Å². The molecule has 0 atom stereocenters. The van der Waals surface area contributed by atoms with E-state index in [1.807, 2.05) is 0 Å². The standard InChI is InChI=1S/C6H4Cl.HI.Yb/c7-6-4-2-1-3-5-6;;/h2-5H;1H;/p-1.